The molecule has 1 heterocycles. The van der Waals surface area contributed by atoms with Crippen molar-refractivity contribution in [2.75, 3.05) is 17.4 Å². The third kappa shape index (κ3) is 2.26. The molecular weight excluding hydrogens is 259 g/mol. The summed E-state index contributed by atoms with van der Waals surface area (Å²) < 4.78 is 13.6. The number of amides is 1. The summed E-state index contributed by atoms with van der Waals surface area (Å²) in [4.78, 5) is 24.2. The van der Waals surface area contributed by atoms with Crippen LogP contribution in [0.15, 0.2) is 18.2 Å². The van der Waals surface area contributed by atoms with Crippen LogP contribution in [0.25, 0.3) is 0 Å². The number of carbonyl (C=O) groups is 2. The van der Waals surface area contributed by atoms with Gasteiger partial charge >= 0.3 is 5.97 Å². The van der Waals surface area contributed by atoms with Gasteiger partial charge in [0.05, 0.1) is 11.4 Å². The second-order valence-corrected chi connectivity index (χ2v) is 4.87. The molecule has 0 saturated carbocycles. The van der Waals surface area contributed by atoms with E-state index in [4.69, 9.17) is 10.8 Å². The lowest BCUT2D eigenvalue weighted by Crippen LogP contribution is -2.42. The van der Waals surface area contributed by atoms with Crippen molar-refractivity contribution in [2.45, 2.75) is 6.04 Å². The highest BCUT2D eigenvalue weighted by atomic mass is 32.2. The number of halogens is 1. The number of nitrogens with two attached hydrogens (primary N) is 1. The smallest absolute Gasteiger partial charge is 0.327 e. The summed E-state index contributed by atoms with van der Waals surface area (Å²) in [6, 6.07) is 2.83. The van der Waals surface area contributed by atoms with Crippen molar-refractivity contribution in [3.05, 3.63) is 29.6 Å². The molecule has 0 bridgehead atoms. The molecule has 18 heavy (non-hydrogen) atoms. The first kappa shape index (κ1) is 12.7. The van der Waals surface area contributed by atoms with Gasteiger partial charge in [0.15, 0.2) is 0 Å². The molecule has 0 radical (unpaired) electrons. The normalized spacial score (nSPS) is 18.9. The molecule has 1 saturated heterocycles. The molecular formula is C11H11FN2O3S. The molecule has 1 aliphatic heterocycles. The van der Waals surface area contributed by atoms with E-state index in [-0.39, 0.29) is 17.1 Å². The molecule has 1 unspecified atom stereocenters. The van der Waals surface area contributed by atoms with Gasteiger partial charge in [-0.05, 0) is 18.2 Å². The predicted molar refractivity (Wildman–Crippen MR) is 65.7 cm³/mol. The van der Waals surface area contributed by atoms with Crippen molar-refractivity contribution in [3.63, 3.8) is 0 Å². The molecule has 1 aromatic carbocycles. The summed E-state index contributed by atoms with van der Waals surface area (Å²) in [5.41, 5.74) is 5.46. The van der Waals surface area contributed by atoms with Crippen LogP contribution in [0.1, 0.15) is 10.4 Å². The minimum Gasteiger partial charge on any atom is -0.480 e. The fourth-order valence-corrected chi connectivity index (χ4v) is 2.85. The summed E-state index contributed by atoms with van der Waals surface area (Å²) in [7, 11) is 0. The first-order chi connectivity index (χ1) is 8.50. The number of carboxylic acid groups (broad SMARTS) is 1. The zero-order chi connectivity index (χ0) is 13.3. The molecule has 0 spiro atoms. The van der Waals surface area contributed by atoms with Crippen LogP contribution < -0.4 is 5.73 Å². The summed E-state index contributed by atoms with van der Waals surface area (Å²) in [5.74, 6) is -1.87. The van der Waals surface area contributed by atoms with E-state index in [1.165, 1.54) is 23.9 Å². The van der Waals surface area contributed by atoms with Gasteiger partial charge in [0, 0.05) is 11.4 Å². The predicted octanol–water partition coefficient (Wildman–Crippen LogP) is 1.01. The van der Waals surface area contributed by atoms with E-state index in [1.807, 2.05) is 0 Å². The first-order valence-electron chi connectivity index (χ1n) is 5.17. The monoisotopic (exact) mass is 270 g/mol. The number of rotatable bonds is 2. The Labute approximate surface area is 107 Å². The summed E-state index contributed by atoms with van der Waals surface area (Å²) >= 11 is 1.33. The summed E-state index contributed by atoms with van der Waals surface area (Å²) in [5, 5.41) is 8.97. The number of nitrogens with zero attached hydrogens (tertiary/aromatic N) is 1. The average Bonchev–Trinajstić information content (AvgIpc) is 2.77. The van der Waals surface area contributed by atoms with Crippen molar-refractivity contribution >= 4 is 29.3 Å². The van der Waals surface area contributed by atoms with E-state index in [1.54, 1.807) is 0 Å². The molecule has 5 nitrogen and oxygen atoms in total. The van der Waals surface area contributed by atoms with Crippen molar-refractivity contribution < 1.29 is 19.1 Å². The Morgan fingerprint density at radius 3 is 2.83 bits per heavy atom. The van der Waals surface area contributed by atoms with Crippen LogP contribution in [0, 0.1) is 5.82 Å². The van der Waals surface area contributed by atoms with Crippen LogP contribution in [-0.2, 0) is 4.79 Å². The Bertz CT molecular complexity index is 509. The molecule has 1 amide bonds. The Hall–Kier alpha value is -1.76. The third-order valence-corrected chi connectivity index (χ3v) is 3.66. The molecule has 3 N–H and O–H groups in total. The first-order valence-corrected chi connectivity index (χ1v) is 6.32. The zero-order valence-electron chi connectivity index (χ0n) is 9.30. The van der Waals surface area contributed by atoms with Gasteiger partial charge in [-0.25, -0.2) is 9.18 Å². The van der Waals surface area contributed by atoms with Crippen LogP contribution in [0.3, 0.4) is 0 Å². The number of carbonyl (C=O) groups excluding carboxylic acids is 1. The van der Waals surface area contributed by atoms with Gasteiger partial charge in [0.25, 0.3) is 5.91 Å². The van der Waals surface area contributed by atoms with Crippen LogP contribution in [-0.4, -0.2) is 39.6 Å². The maximum atomic E-state index is 13.6. The van der Waals surface area contributed by atoms with Crippen molar-refractivity contribution in [1.82, 2.24) is 4.90 Å². The number of benzene rings is 1. The number of carboxylic acids is 1. The summed E-state index contributed by atoms with van der Waals surface area (Å²) in [6.07, 6.45) is 0. The molecule has 96 valence electrons. The Kier molecular flexibility index (Phi) is 3.42. The van der Waals surface area contributed by atoms with Crippen molar-refractivity contribution in [1.29, 1.82) is 0 Å². The number of anilines is 1. The number of thioether (sulfide) groups is 1. The van der Waals surface area contributed by atoms with Gasteiger partial charge in [0.1, 0.15) is 11.9 Å². The maximum Gasteiger partial charge on any atom is 0.327 e. The van der Waals surface area contributed by atoms with Crippen molar-refractivity contribution in [2.24, 2.45) is 0 Å². The number of hydrogen-bond acceptors (Lipinski definition) is 4. The van der Waals surface area contributed by atoms with E-state index in [2.05, 4.69) is 0 Å². The zero-order valence-corrected chi connectivity index (χ0v) is 10.1. The van der Waals surface area contributed by atoms with Crippen LogP contribution in [0.5, 0.6) is 0 Å². The molecule has 1 aromatic rings. The highest BCUT2D eigenvalue weighted by Gasteiger charge is 2.35. The molecule has 0 aromatic heterocycles. The fraction of sp³-hybridized carbons (Fsp3) is 0.273. The molecule has 0 aliphatic carbocycles. The standard InChI is InChI=1S/C11H11FN2O3S/c12-8-3-6(13)1-2-7(8)10(15)14-5-18-4-9(14)11(16)17/h1-3,9H,4-5,13H2,(H,16,17). The largest absolute Gasteiger partial charge is 0.480 e. The van der Waals surface area contributed by atoms with Crippen molar-refractivity contribution in [3.8, 4) is 0 Å². The third-order valence-electron chi connectivity index (χ3n) is 2.65. The van der Waals surface area contributed by atoms with Gasteiger partial charge < -0.3 is 15.7 Å². The quantitative estimate of drug-likeness (QED) is 0.783. The lowest BCUT2D eigenvalue weighted by atomic mass is 10.1. The average molecular weight is 270 g/mol. The van der Waals surface area contributed by atoms with Gasteiger partial charge in [-0.3, -0.25) is 4.79 Å². The van der Waals surface area contributed by atoms with Gasteiger partial charge in [-0.1, -0.05) is 0 Å². The second-order valence-electron chi connectivity index (χ2n) is 3.87. The molecule has 1 aliphatic rings. The number of aliphatic carboxylic acids is 1. The van der Waals surface area contributed by atoms with Gasteiger partial charge in [0.2, 0.25) is 0 Å². The molecule has 2 rings (SSSR count). The fourth-order valence-electron chi connectivity index (χ4n) is 1.71. The Morgan fingerprint density at radius 2 is 2.22 bits per heavy atom. The van der Waals surface area contributed by atoms with E-state index in [0.29, 0.717) is 5.75 Å². The van der Waals surface area contributed by atoms with E-state index in [9.17, 15) is 14.0 Å². The highest BCUT2D eigenvalue weighted by Crippen LogP contribution is 2.24. The SMILES string of the molecule is Nc1ccc(C(=O)N2CSCC2C(=O)O)c(F)c1. The topological polar surface area (TPSA) is 83.6 Å². The van der Waals surface area contributed by atoms with Crippen LogP contribution >= 0.6 is 11.8 Å². The Balaban J connectivity index is 2.28. The van der Waals surface area contributed by atoms with Crippen LogP contribution in [0.2, 0.25) is 0 Å². The minimum absolute atomic E-state index is 0.155. The minimum atomic E-state index is -1.08. The van der Waals surface area contributed by atoms with E-state index >= 15 is 0 Å². The second kappa shape index (κ2) is 4.85. The number of hydrogen-bond donors (Lipinski definition) is 2. The molecule has 1 fully saturated rings. The lowest BCUT2D eigenvalue weighted by molar-refractivity contribution is -0.140. The van der Waals surface area contributed by atoms with Crippen LogP contribution in [0.4, 0.5) is 10.1 Å². The van der Waals surface area contributed by atoms with E-state index in [0.717, 1.165) is 11.0 Å². The van der Waals surface area contributed by atoms with Gasteiger partial charge in [-0.15, -0.1) is 11.8 Å². The van der Waals surface area contributed by atoms with Gasteiger partial charge in [-0.2, -0.15) is 0 Å². The molecule has 1 atom stereocenters. The maximum absolute atomic E-state index is 13.6. The Morgan fingerprint density at radius 1 is 1.50 bits per heavy atom. The molecule has 7 heteroatoms. The number of nitrogen functional groups attached to an aromatic ring is 1. The lowest BCUT2D eigenvalue weighted by Gasteiger charge is -2.20. The summed E-state index contributed by atoms with van der Waals surface area (Å²) in [6.45, 7) is 0. The highest BCUT2D eigenvalue weighted by molar-refractivity contribution is 7.99. The van der Waals surface area contributed by atoms with E-state index < -0.39 is 23.7 Å².